The quantitative estimate of drug-likeness (QED) is 0.595. The number of nitrogens with one attached hydrogen (secondary N) is 1. The van der Waals surface area contributed by atoms with Crippen LogP contribution in [0.5, 0.6) is 0 Å². The van der Waals surface area contributed by atoms with Crippen LogP contribution in [0.15, 0.2) is 12.2 Å². The lowest BCUT2D eigenvalue weighted by atomic mass is 9.96. The molecule has 0 aromatic carbocycles. The largest absolute Gasteiger partial charge is 0.306 e. The molecule has 0 bridgehead atoms. The molecular weight excluding hydrogens is 122 g/mol. The third-order valence-corrected chi connectivity index (χ3v) is 1.72. The van der Waals surface area contributed by atoms with Gasteiger partial charge in [0.15, 0.2) is 0 Å². The number of rotatable bonds is 3. The van der Waals surface area contributed by atoms with E-state index in [9.17, 15) is 0 Å². The normalized spacial score (nSPS) is 12.2. The van der Waals surface area contributed by atoms with Crippen molar-refractivity contribution in [1.82, 2.24) is 5.32 Å². The fourth-order valence-corrected chi connectivity index (χ4v) is 0.845. The summed E-state index contributed by atoms with van der Waals surface area (Å²) in [5, 5.41) is 3.42. The van der Waals surface area contributed by atoms with Crippen LogP contribution in [-0.4, -0.2) is 11.6 Å². The van der Waals surface area contributed by atoms with Crippen molar-refractivity contribution in [3.63, 3.8) is 0 Å². The van der Waals surface area contributed by atoms with Crippen LogP contribution in [0, 0.1) is 0 Å². The van der Waals surface area contributed by atoms with Crippen LogP contribution >= 0.6 is 0 Å². The molecule has 0 heterocycles. The molecule has 1 nitrogen and oxygen atoms in total. The Bertz CT molecular complexity index is 123. The van der Waals surface area contributed by atoms with Crippen LogP contribution in [-0.2, 0) is 0 Å². The van der Waals surface area contributed by atoms with E-state index in [0.29, 0.717) is 6.04 Å². The van der Waals surface area contributed by atoms with E-state index >= 15 is 0 Å². The summed E-state index contributed by atoms with van der Waals surface area (Å²) >= 11 is 0. The van der Waals surface area contributed by atoms with Gasteiger partial charge in [0, 0.05) is 11.6 Å². The minimum atomic E-state index is 0.0775. The van der Waals surface area contributed by atoms with Crippen molar-refractivity contribution in [3.8, 4) is 0 Å². The Hall–Kier alpha value is -0.300. The van der Waals surface area contributed by atoms with Gasteiger partial charge >= 0.3 is 0 Å². The summed E-state index contributed by atoms with van der Waals surface area (Å²) in [5.74, 6) is 0. The summed E-state index contributed by atoms with van der Waals surface area (Å²) in [6, 6.07) is 0.520. The SMILES string of the molecule is C=C(C)C(C)(C)NC(C)C. The van der Waals surface area contributed by atoms with Gasteiger partial charge in [0.05, 0.1) is 0 Å². The second kappa shape index (κ2) is 3.20. The highest BCUT2D eigenvalue weighted by Gasteiger charge is 2.18. The van der Waals surface area contributed by atoms with E-state index in [2.05, 4.69) is 46.5 Å². The zero-order valence-corrected chi connectivity index (χ0v) is 7.78. The lowest BCUT2D eigenvalue weighted by Crippen LogP contribution is -2.44. The van der Waals surface area contributed by atoms with Gasteiger partial charge in [0.1, 0.15) is 0 Å². The predicted octanol–water partition coefficient (Wildman–Crippen LogP) is 2.34. The lowest BCUT2D eigenvalue weighted by molar-refractivity contribution is 0.408. The number of hydrogen-bond acceptors (Lipinski definition) is 1. The van der Waals surface area contributed by atoms with Gasteiger partial charge in [-0.3, -0.25) is 0 Å². The Balaban J connectivity index is 4.00. The maximum absolute atomic E-state index is 3.92. The molecule has 1 heteroatoms. The van der Waals surface area contributed by atoms with Crippen molar-refractivity contribution in [2.45, 2.75) is 46.2 Å². The van der Waals surface area contributed by atoms with Crippen LogP contribution in [0.25, 0.3) is 0 Å². The molecular formula is C9H19N. The topological polar surface area (TPSA) is 12.0 Å². The summed E-state index contributed by atoms with van der Waals surface area (Å²) in [4.78, 5) is 0. The van der Waals surface area contributed by atoms with E-state index in [1.165, 1.54) is 5.57 Å². The van der Waals surface area contributed by atoms with Gasteiger partial charge in [-0.2, -0.15) is 0 Å². The zero-order valence-electron chi connectivity index (χ0n) is 7.78. The smallest absolute Gasteiger partial charge is 0.0333 e. The van der Waals surface area contributed by atoms with Crippen molar-refractivity contribution in [2.24, 2.45) is 0 Å². The highest BCUT2D eigenvalue weighted by Crippen LogP contribution is 2.13. The Morgan fingerprint density at radius 2 is 1.80 bits per heavy atom. The van der Waals surface area contributed by atoms with E-state index < -0.39 is 0 Å². The van der Waals surface area contributed by atoms with Crippen molar-refractivity contribution >= 4 is 0 Å². The molecule has 0 radical (unpaired) electrons. The second-order valence-electron chi connectivity index (χ2n) is 3.70. The van der Waals surface area contributed by atoms with Crippen LogP contribution in [0.3, 0.4) is 0 Å². The lowest BCUT2D eigenvalue weighted by Gasteiger charge is -2.29. The minimum absolute atomic E-state index is 0.0775. The Labute approximate surface area is 64.5 Å². The van der Waals surface area contributed by atoms with Crippen molar-refractivity contribution in [2.75, 3.05) is 0 Å². The molecule has 60 valence electrons. The second-order valence-corrected chi connectivity index (χ2v) is 3.70. The first-order valence-electron chi connectivity index (χ1n) is 3.80. The average Bonchev–Trinajstić information content (AvgIpc) is 1.60. The summed E-state index contributed by atoms with van der Waals surface area (Å²) in [6.07, 6.45) is 0. The molecule has 0 aliphatic carbocycles. The molecule has 0 spiro atoms. The minimum Gasteiger partial charge on any atom is -0.306 e. The molecule has 1 N–H and O–H groups in total. The van der Waals surface area contributed by atoms with Crippen molar-refractivity contribution in [3.05, 3.63) is 12.2 Å². The zero-order chi connectivity index (χ0) is 8.36. The monoisotopic (exact) mass is 141 g/mol. The van der Waals surface area contributed by atoms with E-state index in [0.717, 1.165) is 0 Å². The van der Waals surface area contributed by atoms with Gasteiger partial charge in [-0.15, -0.1) is 0 Å². The van der Waals surface area contributed by atoms with E-state index in [1.807, 2.05) is 0 Å². The van der Waals surface area contributed by atoms with Gasteiger partial charge in [-0.1, -0.05) is 26.0 Å². The molecule has 0 rings (SSSR count). The fourth-order valence-electron chi connectivity index (χ4n) is 0.845. The maximum Gasteiger partial charge on any atom is 0.0333 e. The van der Waals surface area contributed by atoms with E-state index in [1.54, 1.807) is 0 Å². The Morgan fingerprint density at radius 1 is 1.40 bits per heavy atom. The molecule has 0 atom stereocenters. The van der Waals surface area contributed by atoms with Gasteiger partial charge in [0.2, 0.25) is 0 Å². The van der Waals surface area contributed by atoms with Gasteiger partial charge in [-0.25, -0.2) is 0 Å². The van der Waals surface area contributed by atoms with Crippen LogP contribution in [0.1, 0.15) is 34.6 Å². The molecule has 0 unspecified atom stereocenters. The number of hydrogen-bond donors (Lipinski definition) is 1. The summed E-state index contributed by atoms with van der Waals surface area (Å²) in [5.41, 5.74) is 1.26. The van der Waals surface area contributed by atoms with Gasteiger partial charge < -0.3 is 5.32 Å². The molecule has 10 heavy (non-hydrogen) atoms. The molecule has 0 aliphatic heterocycles. The molecule has 0 aromatic rings. The molecule has 0 saturated carbocycles. The van der Waals surface area contributed by atoms with Crippen LogP contribution in [0.4, 0.5) is 0 Å². The maximum atomic E-state index is 3.92. The average molecular weight is 141 g/mol. The third kappa shape index (κ3) is 3.02. The first-order chi connectivity index (χ1) is 4.36. The van der Waals surface area contributed by atoms with Crippen molar-refractivity contribution in [1.29, 1.82) is 0 Å². The third-order valence-electron chi connectivity index (χ3n) is 1.72. The first-order valence-corrected chi connectivity index (χ1v) is 3.80. The summed E-state index contributed by atoms with van der Waals surface area (Å²) in [6.45, 7) is 14.6. The first kappa shape index (κ1) is 9.70. The fraction of sp³-hybridized carbons (Fsp3) is 0.778. The summed E-state index contributed by atoms with van der Waals surface area (Å²) in [7, 11) is 0. The van der Waals surface area contributed by atoms with E-state index in [-0.39, 0.29) is 5.54 Å². The van der Waals surface area contributed by atoms with Gasteiger partial charge in [0.25, 0.3) is 0 Å². The predicted molar refractivity (Wildman–Crippen MR) is 47.2 cm³/mol. The Kier molecular flexibility index (Phi) is 3.10. The highest BCUT2D eigenvalue weighted by atomic mass is 15.0. The molecule has 0 aliphatic rings. The highest BCUT2D eigenvalue weighted by molar-refractivity contribution is 5.09. The van der Waals surface area contributed by atoms with Crippen molar-refractivity contribution < 1.29 is 0 Å². The molecule has 0 aromatic heterocycles. The van der Waals surface area contributed by atoms with Crippen LogP contribution < -0.4 is 5.32 Å². The van der Waals surface area contributed by atoms with Gasteiger partial charge in [-0.05, 0) is 20.8 Å². The molecule has 0 amide bonds. The van der Waals surface area contributed by atoms with E-state index in [4.69, 9.17) is 0 Å². The standard InChI is InChI=1S/C9H19N/c1-7(2)9(5,6)10-8(3)4/h8,10H,1H2,2-6H3. The van der Waals surface area contributed by atoms with Crippen LogP contribution in [0.2, 0.25) is 0 Å². The molecule has 0 saturated heterocycles. The molecule has 0 fully saturated rings. The Morgan fingerprint density at radius 3 is 1.90 bits per heavy atom. The summed E-state index contributed by atoms with van der Waals surface area (Å²) < 4.78 is 0.